The summed E-state index contributed by atoms with van der Waals surface area (Å²) >= 11 is 0. The summed E-state index contributed by atoms with van der Waals surface area (Å²) in [5.41, 5.74) is 8.54. The van der Waals surface area contributed by atoms with Crippen LogP contribution in [-0.4, -0.2) is 76.4 Å². The van der Waals surface area contributed by atoms with Crippen LogP contribution in [0.3, 0.4) is 0 Å². The first kappa shape index (κ1) is 38.3. The van der Waals surface area contributed by atoms with Gasteiger partial charge in [-0.1, -0.05) is 68.4 Å². The van der Waals surface area contributed by atoms with E-state index in [0.29, 0.717) is 37.2 Å². The molecule has 296 valence electrons. The van der Waals surface area contributed by atoms with Gasteiger partial charge >= 0.3 is 6.09 Å². The maximum absolute atomic E-state index is 13.7. The molecule has 2 bridgehead atoms. The number of likely N-dealkylation sites (tertiary alicyclic amines) is 1. The summed E-state index contributed by atoms with van der Waals surface area (Å²) in [5, 5.41) is 5.90. The molecule has 8 rings (SSSR count). The van der Waals surface area contributed by atoms with Crippen molar-refractivity contribution in [2.75, 3.05) is 20.8 Å². The number of hydrogen-bond acceptors (Lipinski definition) is 8. The third-order valence-corrected chi connectivity index (χ3v) is 12.5. The number of aromatic amines is 1. The van der Waals surface area contributed by atoms with Crippen LogP contribution in [0.4, 0.5) is 4.79 Å². The molecule has 3 N–H and O–H groups in total. The Morgan fingerprint density at radius 2 is 1.63 bits per heavy atom. The molecule has 2 aliphatic heterocycles. The minimum atomic E-state index is -0.740. The molecule has 0 spiro atoms. The van der Waals surface area contributed by atoms with E-state index in [2.05, 4.69) is 69.1 Å². The molecule has 2 aliphatic carbocycles. The number of nitrogens with one attached hydrogen (secondary N) is 3. The Bertz CT molecular complexity index is 2150. The quantitative estimate of drug-likeness (QED) is 0.141. The number of fused-ring (bicyclic) bond motifs is 2. The Balaban J connectivity index is 0.901. The number of pyridine rings is 1. The van der Waals surface area contributed by atoms with Gasteiger partial charge in [0.2, 0.25) is 11.8 Å². The lowest BCUT2D eigenvalue weighted by Crippen LogP contribution is -2.51. The monoisotopic (exact) mass is 769 g/mol. The summed E-state index contributed by atoms with van der Waals surface area (Å²) < 4.78 is 10.4. The normalized spacial score (nSPS) is 24.3. The predicted molar refractivity (Wildman–Crippen MR) is 217 cm³/mol. The molecule has 7 atom stereocenters. The van der Waals surface area contributed by atoms with E-state index in [9.17, 15) is 14.4 Å². The number of H-pyrrole nitrogens is 1. The molecule has 4 aromatic rings. The number of methoxy groups -OCH3 is 2. The van der Waals surface area contributed by atoms with Crippen molar-refractivity contribution in [3.63, 3.8) is 0 Å². The Morgan fingerprint density at radius 3 is 2.32 bits per heavy atom. The second-order valence-electron chi connectivity index (χ2n) is 16.2. The first-order chi connectivity index (χ1) is 27.7. The summed E-state index contributed by atoms with van der Waals surface area (Å²) in [4.78, 5) is 58.4. The van der Waals surface area contributed by atoms with E-state index in [1.165, 1.54) is 19.1 Å². The summed E-state index contributed by atoms with van der Waals surface area (Å²) in [6.07, 6.45) is 11.3. The lowest BCUT2D eigenvalue weighted by molar-refractivity contribution is -0.136. The number of allylic oxidation sites excluding steroid dienone is 1. The zero-order chi connectivity index (χ0) is 39.6. The second-order valence-corrected chi connectivity index (χ2v) is 16.2. The van der Waals surface area contributed by atoms with Gasteiger partial charge in [-0.3, -0.25) is 19.6 Å². The Kier molecular flexibility index (Phi) is 11.1. The topological polar surface area (TPSA) is 151 Å². The van der Waals surface area contributed by atoms with Crippen molar-refractivity contribution in [3.05, 3.63) is 102 Å². The fourth-order valence-corrected chi connectivity index (χ4v) is 9.51. The number of amides is 3. The molecular weight excluding hydrogens is 719 g/mol. The highest BCUT2D eigenvalue weighted by Crippen LogP contribution is 2.54. The van der Waals surface area contributed by atoms with Crippen LogP contribution >= 0.6 is 0 Å². The highest BCUT2D eigenvalue weighted by molar-refractivity contribution is 6.02. The predicted octanol–water partition coefficient (Wildman–Crippen LogP) is 6.97. The lowest BCUT2D eigenvalue weighted by atomic mass is 9.75. The zero-order valence-corrected chi connectivity index (χ0v) is 33.0. The van der Waals surface area contributed by atoms with E-state index in [1.807, 2.05) is 32.2 Å². The second kappa shape index (κ2) is 16.5. The van der Waals surface area contributed by atoms with Crippen LogP contribution in [0.25, 0.3) is 28.0 Å². The summed E-state index contributed by atoms with van der Waals surface area (Å²) in [6, 6.07) is 19.8. The standard InChI is InChI=1S/C45H51N7O5/c1-26(2)41(51-45(55)57-4)44(54)52-25-35(56-3)20-38(52)42-48-24-37(50-42)31-13-11-29(12-14-31)28-7-9-30(10-8-28)34-19-36(47-23-34)39-32-15-16-33(18-32)40(39)43(53)49-22-27-6-5-17-46-21-27/h5-14,17,21,23-24,26,32-33,35,38-41H,15-16,18-20,22,25H2,1-4H3,(H,48,50)(H,49,53)(H,51,55)/t32?,33?,35-,38-,39?,40+,41-/m0/s1. The Morgan fingerprint density at radius 1 is 0.912 bits per heavy atom. The van der Waals surface area contributed by atoms with Crippen LogP contribution in [0.1, 0.15) is 68.9 Å². The molecule has 2 saturated carbocycles. The molecule has 2 aromatic heterocycles. The van der Waals surface area contributed by atoms with Crippen molar-refractivity contribution in [2.24, 2.45) is 34.6 Å². The highest BCUT2D eigenvalue weighted by Gasteiger charge is 2.52. The number of aromatic nitrogens is 3. The summed E-state index contributed by atoms with van der Waals surface area (Å²) in [7, 11) is 2.93. The molecule has 3 fully saturated rings. The fraction of sp³-hybridized carbons (Fsp3) is 0.422. The van der Waals surface area contributed by atoms with Gasteiger partial charge in [-0.15, -0.1) is 0 Å². The SMILES string of the molecule is COC(=O)N[C@H](C(=O)N1C[C@@H](OC)C[C@H]1c1ncc(-c2ccc(-c3ccc(C4=CN=C(C5C6CCC(C6)[C@H]5C(=O)NCc5cccnc5)C4)cc3)cc2)[nH]1)C(C)C. The molecule has 3 unspecified atom stereocenters. The van der Waals surface area contributed by atoms with E-state index in [4.69, 9.17) is 19.5 Å². The molecular formula is C45H51N7O5. The number of imidazole rings is 1. The van der Waals surface area contributed by atoms with Crippen LogP contribution in [-0.2, 0) is 25.6 Å². The number of alkyl carbamates (subject to hydrolysis) is 1. The first-order valence-electron chi connectivity index (χ1n) is 20.1. The average Bonchev–Trinajstić information content (AvgIpc) is 4.10. The Labute approximate surface area is 333 Å². The van der Waals surface area contributed by atoms with Crippen molar-refractivity contribution >= 4 is 29.2 Å². The maximum Gasteiger partial charge on any atom is 0.407 e. The third-order valence-electron chi connectivity index (χ3n) is 12.5. The molecule has 2 aromatic carbocycles. The molecule has 3 amide bonds. The number of carbonyl (C=O) groups is 3. The molecule has 4 aliphatic rings. The average molecular weight is 770 g/mol. The van der Waals surface area contributed by atoms with E-state index >= 15 is 0 Å². The minimum absolute atomic E-state index is 0.0189. The number of aliphatic imine (C=N–C) groups is 1. The zero-order valence-electron chi connectivity index (χ0n) is 33.0. The van der Waals surface area contributed by atoms with Crippen molar-refractivity contribution < 1.29 is 23.9 Å². The van der Waals surface area contributed by atoms with Crippen molar-refractivity contribution in [1.82, 2.24) is 30.5 Å². The Hall–Kier alpha value is -5.62. The van der Waals surface area contributed by atoms with Crippen molar-refractivity contribution in [1.29, 1.82) is 0 Å². The van der Waals surface area contributed by atoms with Crippen molar-refractivity contribution in [3.8, 4) is 22.4 Å². The summed E-state index contributed by atoms with van der Waals surface area (Å²) in [5.74, 6) is 1.62. The number of nitrogens with zero attached hydrogens (tertiary/aromatic N) is 4. The van der Waals surface area contributed by atoms with E-state index in [0.717, 1.165) is 58.5 Å². The molecule has 1 saturated heterocycles. The van der Waals surface area contributed by atoms with Gasteiger partial charge in [-0.25, -0.2) is 9.78 Å². The number of rotatable bonds is 12. The molecule has 0 radical (unpaired) electrons. The number of benzene rings is 2. The number of hydrogen-bond donors (Lipinski definition) is 3. The van der Waals surface area contributed by atoms with Gasteiger partial charge in [0.05, 0.1) is 31.1 Å². The third kappa shape index (κ3) is 7.87. The summed E-state index contributed by atoms with van der Waals surface area (Å²) in [6.45, 7) is 4.68. The van der Waals surface area contributed by atoms with Gasteiger partial charge in [0, 0.05) is 69.2 Å². The maximum atomic E-state index is 13.7. The van der Waals surface area contributed by atoms with Crippen LogP contribution in [0.15, 0.2) is 90.4 Å². The number of carbonyl (C=O) groups excluding carboxylic acids is 3. The largest absolute Gasteiger partial charge is 0.453 e. The van der Waals surface area contributed by atoms with Crippen LogP contribution in [0.5, 0.6) is 0 Å². The smallest absolute Gasteiger partial charge is 0.407 e. The van der Waals surface area contributed by atoms with Gasteiger partial charge in [0.1, 0.15) is 11.9 Å². The van der Waals surface area contributed by atoms with Gasteiger partial charge < -0.3 is 30.0 Å². The van der Waals surface area contributed by atoms with Gasteiger partial charge in [0.25, 0.3) is 0 Å². The first-order valence-corrected chi connectivity index (χ1v) is 20.1. The van der Waals surface area contributed by atoms with E-state index in [1.54, 1.807) is 30.6 Å². The van der Waals surface area contributed by atoms with Crippen molar-refractivity contribution in [2.45, 2.75) is 70.7 Å². The minimum Gasteiger partial charge on any atom is -0.453 e. The van der Waals surface area contributed by atoms with E-state index < -0.39 is 12.1 Å². The van der Waals surface area contributed by atoms with Crippen LogP contribution in [0, 0.1) is 29.6 Å². The molecule has 12 nitrogen and oxygen atoms in total. The van der Waals surface area contributed by atoms with Gasteiger partial charge in [0.15, 0.2) is 0 Å². The van der Waals surface area contributed by atoms with Crippen LogP contribution < -0.4 is 10.6 Å². The molecule has 57 heavy (non-hydrogen) atoms. The highest BCUT2D eigenvalue weighted by atomic mass is 16.5. The van der Waals surface area contributed by atoms with Gasteiger partial charge in [-0.05, 0) is 76.5 Å². The van der Waals surface area contributed by atoms with E-state index in [-0.39, 0.29) is 41.7 Å². The lowest BCUT2D eigenvalue weighted by Gasteiger charge is -2.30. The molecule has 12 heteroatoms. The van der Waals surface area contributed by atoms with Gasteiger partial charge in [-0.2, -0.15) is 0 Å². The fourth-order valence-electron chi connectivity index (χ4n) is 9.51. The molecule has 4 heterocycles. The van der Waals surface area contributed by atoms with Crippen LogP contribution in [0.2, 0.25) is 0 Å². The number of ether oxygens (including phenoxy) is 2.